The zero-order valence-electron chi connectivity index (χ0n) is 15.7. The summed E-state index contributed by atoms with van der Waals surface area (Å²) in [5.74, 6) is 0.800. The molecule has 0 aliphatic carbocycles. The molecule has 134 valence electrons. The maximum Gasteiger partial charge on any atom is 0.317 e. The van der Waals surface area contributed by atoms with Crippen LogP contribution >= 0.6 is 0 Å². The molecule has 2 rings (SSSR count). The van der Waals surface area contributed by atoms with Crippen molar-refractivity contribution in [2.24, 2.45) is 0 Å². The largest absolute Gasteiger partial charge is 0.473 e. The average Bonchev–Trinajstić information content (AvgIpc) is 2.56. The van der Waals surface area contributed by atoms with Gasteiger partial charge in [-0.15, -0.1) is 0 Å². The summed E-state index contributed by atoms with van der Waals surface area (Å²) in [7, 11) is 0. The van der Waals surface area contributed by atoms with Crippen molar-refractivity contribution in [3.63, 3.8) is 0 Å². The van der Waals surface area contributed by atoms with E-state index in [0.717, 1.165) is 16.9 Å². The van der Waals surface area contributed by atoms with E-state index in [0.29, 0.717) is 0 Å². The zero-order chi connectivity index (χ0) is 18.4. The number of carbonyl (C=O) groups excluding carboxylic acids is 1. The molecule has 0 aliphatic heterocycles. The van der Waals surface area contributed by atoms with Crippen molar-refractivity contribution in [3.8, 4) is 5.75 Å². The van der Waals surface area contributed by atoms with Crippen molar-refractivity contribution in [3.05, 3.63) is 65.2 Å². The van der Waals surface area contributed by atoms with Crippen LogP contribution in [0.5, 0.6) is 5.75 Å². The van der Waals surface area contributed by atoms with Crippen LogP contribution in [0.2, 0.25) is 0 Å². The van der Waals surface area contributed by atoms with Gasteiger partial charge < -0.3 is 15.4 Å². The molecule has 2 aromatic rings. The van der Waals surface area contributed by atoms with Gasteiger partial charge in [0.15, 0.2) is 6.73 Å². The van der Waals surface area contributed by atoms with Crippen LogP contribution in [-0.2, 0) is 5.41 Å². The minimum Gasteiger partial charge on any atom is -0.473 e. The highest BCUT2D eigenvalue weighted by Gasteiger charge is 2.19. The second-order valence-corrected chi connectivity index (χ2v) is 7.32. The molecule has 0 radical (unpaired) electrons. The molecule has 4 nitrogen and oxygen atoms in total. The molecule has 4 heteroatoms. The van der Waals surface area contributed by atoms with E-state index < -0.39 is 0 Å². The number of hydrogen-bond acceptors (Lipinski definition) is 2. The van der Waals surface area contributed by atoms with Gasteiger partial charge in [-0.2, -0.15) is 0 Å². The van der Waals surface area contributed by atoms with E-state index in [9.17, 15) is 4.79 Å². The van der Waals surface area contributed by atoms with E-state index in [-0.39, 0.29) is 24.2 Å². The number of ether oxygens (including phenoxy) is 1. The Morgan fingerprint density at radius 2 is 1.80 bits per heavy atom. The molecule has 0 aromatic heterocycles. The van der Waals surface area contributed by atoms with Crippen molar-refractivity contribution in [1.82, 2.24) is 10.6 Å². The van der Waals surface area contributed by atoms with E-state index in [4.69, 9.17) is 4.74 Å². The number of rotatable bonds is 5. The predicted molar refractivity (Wildman–Crippen MR) is 102 cm³/mol. The fraction of sp³-hybridized carbons (Fsp3) is 0.381. The Hall–Kier alpha value is -2.49. The molecule has 0 bridgehead atoms. The second-order valence-electron chi connectivity index (χ2n) is 7.32. The van der Waals surface area contributed by atoms with E-state index in [2.05, 4.69) is 44.4 Å². The lowest BCUT2D eigenvalue weighted by atomic mass is 9.85. The van der Waals surface area contributed by atoms with Crippen LogP contribution in [0.1, 0.15) is 50.4 Å². The van der Waals surface area contributed by atoms with Crippen molar-refractivity contribution in [2.75, 3.05) is 6.73 Å². The quantitative estimate of drug-likeness (QED) is 0.776. The molecule has 2 N–H and O–H groups in total. The Morgan fingerprint density at radius 1 is 1.12 bits per heavy atom. The Morgan fingerprint density at radius 3 is 2.44 bits per heavy atom. The molecule has 0 aliphatic rings. The second kappa shape index (κ2) is 8.06. The highest BCUT2D eigenvalue weighted by molar-refractivity contribution is 5.74. The third-order valence-electron chi connectivity index (χ3n) is 4.05. The van der Waals surface area contributed by atoms with Crippen LogP contribution in [0.4, 0.5) is 4.79 Å². The smallest absolute Gasteiger partial charge is 0.317 e. The summed E-state index contributed by atoms with van der Waals surface area (Å²) < 4.78 is 5.80. The summed E-state index contributed by atoms with van der Waals surface area (Å²) in [6.45, 7) is 10.6. The van der Waals surface area contributed by atoms with Crippen molar-refractivity contribution >= 4 is 6.03 Å². The summed E-state index contributed by atoms with van der Waals surface area (Å²) in [6.07, 6.45) is 0. The Labute approximate surface area is 150 Å². The van der Waals surface area contributed by atoms with Gasteiger partial charge in [0.05, 0.1) is 6.04 Å². The standard InChI is InChI=1S/C21H28N2O2/c1-15-11-12-19(18(13-15)21(3,4)5)25-14-22-20(24)23-16(2)17-9-7-6-8-10-17/h6-13,16H,14H2,1-5H3,(H2,22,23,24). The topological polar surface area (TPSA) is 50.4 Å². The highest BCUT2D eigenvalue weighted by Crippen LogP contribution is 2.31. The van der Waals surface area contributed by atoms with Crippen LogP contribution in [0.25, 0.3) is 0 Å². The van der Waals surface area contributed by atoms with Gasteiger partial charge in [0.1, 0.15) is 5.75 Å². The van der Waals surface area contributed by atoms with Gasteiger partial charge in [0.2, 0.25) is 0 Å². The van der Waals surface area contributed by atoms with Crippen LogP contribution in [0.15, 0.2) is 48.5 Å². The minimum atomic E-state index is -0.249. The third-order valence-corrected chi connectivity index (χ3v) is 4.05. The number of aryl methyl sites for hydroxylation is 1. The van der Waals surface area contributed by atoms with Gasteiger partial charge in [0.25, 0.3) is 0 Å². The summed E-state index contributed by atoms with van der Waals surface area (Å²) in [4.78, 5) is 12.1. The summed E-state index contributed by atoms with van der Waals surface area (Å²) in [6, 6.07) is 15.6. The van der Waals surface area contributed by atoms with Crippen LogP contribution in [0, 0.1) is 6.92 Å². The lowest BCUT2D eigenvalue weighted by Crippen LogP contribution is -2.39. The molecule has 0 heterocycles. The Kier molecular flexibility index (Phi) is 6.07. The number of urea groups is 1. The Bertz CT molecular complexity index is 706. The van der Waals surface area contributed by atoms with Crippen LogP contribution < -0.4 is 15.4 Å². The molecule has 1 unspecified atom stereocenters. The lowest BCUT2D eigenvalue weighted by molar-refractivity contribution is 0.220. The first-order valence-corrected chi connectivity index (χ1v) is 8.60. The molecule has 25 heavy (non-hydrogen) atoms. The molecule has 2 aromatic carbocycles. The monoisotopic (exact) mass is 340 g/mol. The summed E-state index contributed by atoms with van der Waals surface area (Å²) >= 11 is 0. The maximum absolute atomic E-state index is 12.1. The maximum atomic E-state index is 12.1. The van der Waals surface area contributed by atoms with E-state index in [1.165, 1.54) is 5.56 Å². The van der Waals surface area contributed by atoms with Crippen molar-refractivity contribution in [1.29, 1.82) is 0 Å². The first-order chi connectivity index (χ1) is 11.8. The SMILES string of the molecule is Cc1ccc(OCNC(=O)NC(C)c2ccccc2)c(C(C)(C)C)c1. The number of hydrogen-bond donors (Lipinski definition) is 2. The third kappa shape index (κ3) is 5.52. The fourth-order valence-electron chi connectivity index (χ4n) is 2.61. The van der Waals surface area contributed by atoms with Gasteiger partial charge in [-0.3, -0.25) is 0 Å². The number of benzene rings is 2. The lowest BCUT2D eigenvalue weighted by Gasteiger charge is -2.23. The van der Waals surface area contributed by atoms with E-state index >= 15 is 0 Å². The predicted octanol–water partition coefficient (Wildman–Crippen LogP) is 4.69. The fourth-order valence-corrected chi connectivity index (χ4v) is 2.61. The molecule has 0 spiro atoms. The van der Waals surface area contributed by atoms with E-state index in [1.807, 2.05) is 49.4 Å². The molecule has 1 atom stereocenters. The van der Waals surface area contributed by atoms with Gasteiger partial charge in [-0.1, -0.05) is 68.8 Å². The minimum absolute atomic E-state index is 0.0224. The number of nitrogens with one attached hydrogen (secondary N) is 2. The van der Waals surface area contributed by atoms with Gasteiger partial charge in [-0.25, -0.2) is 4.79 Å². The highest BCUT2D eigenvalue weighted by atomic mass is 16.5. The molecule has 2 amide bonds. The zero-order valence-corrected chi connectivity index (χ0v) is 15.7. The molecular formula is C21H28N2O2. The van der Waals surface area contributed by atoms with E-state index in [1.54, 1.807) is 0 Å². The van der Waals surface area contributed by atoms with Gasteiger partial charge in [-0.05, 0) is 36.5 Å². The van der Waals surface area contributed by atoms with Crippen molar-refractivity contribution in [2.45, 2.75) is 46.1 Å². The average molecular weight is 340 g/mol. The normalized spacial score (nSPS) is 12.4. The molecular weight excluding hydrogens is 312 g/mol. The molecule has 0 fully saturated rings. The molecule has 0 saturated heterocycles. The Balaban J connectivity index is 1.89. The van der Waals surface area contributed by atoms with Crippen molar-refractivity contribution < 1.29 is 9.53 Å². The first-order valence-electron chi connectivity index (χ1n) is 8.60. The summed E-state index contributed by atoms with van der Waals surface area (Å²) in [5.41, 5.74) is 3.37. The molecule has 0 saturated carbocycles. The number of carbonyl (C=O) groups is 1. The van der Waals surface area contributed by atoms with Gasteiger partial charge >= 0.3 is 6.03 Å². The summed E-state index contributed by atoms with van der Waals surface area (Å²) in [5, 5.41) is 5.66. The van der Waals surface area contributed by atoms with Crippen LogP contribution in [0.3, 0.4) is 0 Å². The number of amides is 2. The van der Waals surface area contributed by atoms with Crippen LogP contribution in [-0.4, -0.2) is 12.8 Å². The first kappa shape index (κ1) is 18.8. The van der Waals surface area contributed by atoms with Gasteiger partial charge in [0, 0.05) is 0 Å².